The van der Waals surface area contributed by atoms with E-state index in [0.717, 1.165) is 17.0 Å². The third kappa shape index (κ3) is 4.94. The molecule has 0 bridgehead atoms. The standard InChI is InChI=1S/C21H18Cl2N2O2/c1-27-16-11-9-15(10-12-16)24-20(26)13-14-5-2-3-8-19(14)25-21-17(22)6-4-7-18(21)23/h2-12,25H,13H2,1H3,(H,24,26). The normalized spacial score (nSPS) is 10.3. The smallest absolute Gasteiger partial charge is 0.228 e. The molecule has 0 radical (unpaired) electrons. The number of hydrogen-bond acceptors (Lipinski definition) is 3. The van der Waals surface area contributed by atoms with Crippen LogP contribution in [0.3, 0.4) is 0 Å². The van der Waals surface area contributed by atoms with Gasteiger partial charge in [-0.3, -0.25) is 4.79 Å². The molecule has 3 aromatic rings. The molecule has 27 heavy (non-hydrogen) atoms. The lowest BCUT2D eigenvalue weighted by Gasteiger charge is -2.14. The molecule has 0 fully saturated rings. The number of halogens is 2. The van der Waals surface area contributed by atoms with Crippen LogP contribution in [-0.4, -0.2) is 13.0 Å². The number of anilines is 3. The van der Waals surface area contributed by atoms with Crippen LogP contribution in [0.5, 0.6) is 5.75 Å². The molecule has 138 valence electrons. The minimum Gasteiger partial charge on any atom is -0.497 e. The second-order valence-electron chi connectivity index (χ2n) is 5.83. The van der Waals surface area contributed by atoms with Crippen LogP contribution in [0.4, 0.5) is 17.1 Å². The second-order valence-corrected chi connectivity index (χ2v) is 6.65. The molecule has 0 spiro atoms. The van der Waals surface area contributed by atoms with Crippen molar-refractivity contribution in [3.8, 4) is 5.75 Å². The molecule has 0 aliphatic heterocycles. The molecule has 2 N–H and O–H groups in total. The number of rotatable bonds is 6. The average molecular weight is 401 g/mol. The zero-order valence-corrected chi connectivity index (χ0v) is 16.1. The lowest BCUT2D eigenvalue weighted by molar-refractivity contribution is -0.115. The molecule has 0 saturated carbocycles. The molecule has 0 aliphatic rings. The van der Waals surface area contributed by atoms with Gasteiger partial charge in [-0.25, -0.2) is 0 Å². The van der Waals surface area contributed by atoms with E-state index in [1.807, 2.05) is 24.3 Å². The molecule has 3 aromatic carbocycles. The number of hydrogen-bond donors (Lipinski definition) is 2. The molecule has 3 rings (SSSR count). The summed E-state index contributed by atoms with van der Waals surface area (Å²) in [4.78, 5) is 12.5. The molecular weight excluding hydrogens is 383 g/mol. The van der Waals surface area contributed by atoms with Crippen molar-refractivity contribution < 1.29 is 9.53 Å². The predicted octanol–water partition coefficient (Wildman–Crippen LogP) is 5.93. The Hall–Kier alpha value is -2.69. The second kappa shape index (κ2) is 8.80. The van der Waals surface area contributed by atoms with E-state index in [2.05, 4.69) is 10.6 Å². The van der Waals surface area contributed by atoms with Crippen LogP contribution in [0.2, 0.25) is 10.0 Å². The summed E-state index contributed by atoms with van der Waals surface area (Å²) in [7, 11) is 1.60. The summed E-state index contributed by atoms with van der Waals surface area (Å²) in [6.45, 7) is 0. The van der Waals surface area contributed by atoms with E-state index in [1.165, 1.54) is 0 Å². The van der Waals surface area contributed by atoms with Gasteiger partial charge in [0.25, 0.3) is 0 Å². The van der Waals surface area contributed by atoms with Crippen LogP contribution in [0.15, 0.2) is 66.7 Å². The van der Waals surface area contributed by atoms with Gasteiger partial charge >= 0.3 is 0 Å². The Labute approximate surface area is 168 Å². The van der Waals surface area contributed by atoms with Crippen molar-refractivity contribution in [3.05, 3.63) is 82.3 Å². The van der Waals surface area contributed by atoms with E-state index in [9.17, 15) is 4.79 Å². The van der Waals surface area contributed by atoms with Gasteiger partial charge in [0.1, 0.15) is 5.75 Å². The molecule has 0 atom stereocenters. The summed E-state index contributed by atoms with van der Waals surface area (Å²) < 4.78 is 5.12. The zero-order chi connectivity index (χ0) is 19.2. The largest absolute Gasteiger partial charge is 0.497 e. The summed E-state index contributed by atoms with van der Waals surface area (Å²) in [6, 6.07) is 20.0. The fraction of sp³-hybridized carbons (Fsp3) is 0.0952. The van der Waals surface area contributed by atoms with Gasteiger partial charge in [-0.2, -0.15) is 0 Å². The fourth-order valence-electron chi connectivity index (χ4n) is 2.60. The number of methoxy groups -OCH3 is 1. The lowest BCUT2D eigenvalue weighted by atomic mass is 10.1. The Morgan fingerprint density at radius 1 is 0.926 bits per heavy atom. The zero-order valence-electron chi connectivity index (χ0n) is 14.6. The van der Waals surface area contributed by atoms with Gasteiger partial charge < -0.3 is 15.4 Å². The molecule has 4 nitrogen and oxygen atoms in total. The number of benzene rings is 3. The van der Waals surface area contributed by atoms with Gasteiger partial charge in [-0.05, 0) is 48.0 Å². The van der Waals surface area contributed by atoms with Gasteiger partial charge in [0, 0.05) is 11.4 Å². The molecule has 0 unspecified atom stereocenters. The molecular formula is C21H18Cl2N2O2. The summed E-state index contributed by atoms with van der Waals surface area (Å²) in [6.07, 6.45) is 0.206. The predicted molar refractivity (Wildman–Crippen MR) is 112 cm³/mol. The summed E-state index contributed by atoms with van der Waals surface area (Å²) >= 11 is 12.5. The van der Waals surface area contributed by atoms with Gasteiger partial charge in [0.2, 0.25) is 5.91 Å². The maximum absolute atomic E-state index is 12.5. The molecule has 0 heterocycles. The number of carbonyl (C=O) groups is 1. The van der Waals surface area contributed by atoms with Crippen LogP contribution in [0.25, 0.3) is 0 Å². The first-order chi connectivity index (χ1) is 13.1. The Kier molecular flexibility index (Phi) is 6.22. The Balaban J connectivity index is 1.74. The highest BCUT2D eigenvalue weighted by molar-refractivity contribution is 6.39. The van der Waals surface area contributed by atoms with E-state index >= 15 is 0 Å². The van der Waals surface area contributed by atoms with E-state index < -0.39 is 0 Å². The highest BCUT2D eigenvalue weighted by Gasteiger charge is 2.11. The molecule has 0 aromatic heterocycles. The third-order valence-electron chi connectivity index (χ3n) is 3.96. The van der Waals surface area contributed by atoms with Gasteiger partial charge in [0.05, 0.1) is 29.3 Å². The maximum atomic E-state index is 12.5. The van der Waals surface area contributed by atoms with Crippen molar-refractivity contribution in [2.24, 2.45) is 0 Å². The van der Waals surface area contributed by atoms with E-state index in [4.69, 9.17) is 27.9 Å². The van der Waals surface area contributed by atoms with E-state index in [1.54, 1.807) is 49.6 Å². The van der Waals surface area contributed by atoms with Crippen molar-refractivity contribution >= 4 is 46.2 Å². The van der Waals surface area contributed by atoms with Crippen molar-refractivity contribution in [1.82, 2.24) is 0 Å². The number of nitrogens with one attached hydrogen (secondary N) is 2. The van der Waals surface area contributed by atoms with Crippen LogP contribution in [-0.2, 0) is 11.2 Å². The highest BCUT2D eigenvalue weighted by atomic mass is 35.5. The van der Waals surface area contributed by atoms with Crippen molar-refractivity contribution in [2.75, 3.05) is 17.7 Å². The Bertz CT molecular complexity index is 923. The first kappa shape index (κ1) is 19.1. The number of para-hydroxylation sites is 2. The quantitative estimate of drug-likeness (QED) is 0.539. The number of ether oxygens (including phenoxy) is 1. The Morgan fingerprint density at radius 2 is 1.59 bits per heavy atom. The van der Waals surface area contributed by atoms with Gasteiger partial charge in [-0.15, -0.1) is 0 Å². The highest BCUT2D eigenvalue weighted by Crippen LogP contribution is 2.33. The average Bonchev–Trinajstić information content (AvgIpc) is 2.66. The van der Waals surface area contributed by atoms with Crippen molar-refractivity contribution in [2.45, 2.75) is 6.42 Å². The molecule has 1 amide bonds. The third-order valence-corrected chi connectivity index (χ3v) is 4.59. The SMILES string of the molecule is COc1ccc(NC(=O)Cc2ccccc2Nc2c(Cl)cccc2Cl)cc1. The first-order valence-corrected chi connectivity index (χ1v) is 9.05. The fourth-order valence-corrected chi connectivity index (χ4v) is 3.09. The first-order valence-electron chi connectivity index (χ1n) is 8.29. The van der Waals surface area contributed by atoms with Gasteiger partial charge in [0.15, 0.2) is 0 Å². The van der Waals surface area contributed by atoms with Crippen molar-refractivity contribution in [3.63, 3.8) is 0 Å². The molecule has 0 aliphatic carbocycles. The monoisotopic (exact) mass is 400 g/mol. The Morgan fingerprint density at radius 3 is 2.26 bits per heavy atom. The van der Waals surface area contributed by atoms with Crippen molar-refractivity contribution in [1.29, 1.82) is 0 Å². The number of amides is 1. The topological polar surface area (TPSA) is 50.4 Å². The minimum absolute atomic E-state index is 0.125. The molecule has 6 heteroatoms. The van der Waals surface area contributed by atoms with E-state index in [0.29, 0.717) is 21.4 Å². The van der Waals surface area contributed by atoms with Gasteiger partial charge in [-0.1, -0.05) is 47.5 Å². The lowest BCUT2D eigenvalue weighted by Crippen LogP contribution is -2.15. The van der Waals surface area contributed by atoms with E-state index in [-0.39, 0.29) is 12.3 Å². The minimum atomic E-state index is -0.125. The van der Waals surface area contributed by atoms with Crippen LogP contribution < -0.4 is 15.4 Å². The number of carbonyl (C=O) groups excluding carboxylic acids is 1. The van der Waals surface area contributed by atoms with Crippen LogP contribution in [0, 0.1) is 0 Å². The van der Waals surface area contributed by atoms with Crippen LogP contribution in [0.1, 0.15) is 5.56 Å². The maximum Gasteiger partial charge on any atom is 0.228 e. The molecule has 0 saturated heterocycles. The van der Waals surface area contributed by atoms with Crippen LogP contribution >= 0.6 is 23.2 Å². The summed E-state index contributed by atoms with van der Waals surface area (Å²) in [5.41, 5.74) is 2.93. The summed E-state index contributed by atoms with van der Waals surface area (Å²) in [5, 5.41) is 7.14. The summed E-state index contributed by atoms with van der Waals surface area (Å²) in [5.74, 6) is 0.610.